The van der Waals surface area contributed by atoms with Crippen LogP contribution in [0.2, 0.25) is 0 Å². The average molecular weight is 378 g/mol. The Balaban J connectivity index is 1.54. The van der Waals surface area contributed by atoms with Gasteiger partial charge in [0.25, 0.3) is 11.8 Å². The quantitative estimate of drug-likeness (QED) is 0.837. The number of rotatable bonds is 5. The van der Waals surface area contributed by atoms with Gasteiger partial charge in [0.1, 0.15) is 5.75 Å². The third kappa shape index (κ3) is 4.63. The number of hydrogen-bond acceptors (Lipinski definition) is 6. The Morgan fingerprint density at radius 1 is 1.15 bits per heavy atom. The average Bonchev–Trinajstić information content (AvgIpc) is 3.15. The fraction of sp³-hybridized carbons (Fsp3) is 0.294. The Morgan fingerprint density at radius 3 is 2.62 bits per heavy atom. The van der Waals surface area contributed by atoms with Crippen molar-refractivity contribution >= 4 is 27.3 Å². The maximum atomic E-state index is 12.1. The first-order valence-corrected chi connectivity index (χ1v) is 9.81. The van der Waals surface area contributed by atoms with Gasteiger partial charge in [-0.05, 0) is 24.3 Å². The van der Waals surface area contributed by atoms with E-state index in [2.05, 4.69) is 5.32 Å². The summed E-state index contributed by atoms with van der Waals surface area (Å²) in [7, 11) is -3.03. The van der Waals surface area contributed by atoms with Gasteiger partial charge in [0.2, 0.25) is 0 Å². The highest BCUT2D eigenvalue weighted by Crippen LogP contribution is 2.18. The summed E-state index contributed by atoms with van der Waals surface area (Å²) < 4.78 is 33.3. The van der Waals surface area contributed by atoms with Gasteiger partial charge in [0.05, 0.1) is 17.8 Å². The zero-order chi connectivity index (χ0) is 18.6. The standard InChI is InChI=1S/C17H18N2O6S/c20-16(19-6-9-26(22,23)10-7-19)12-25-14-4-1-3-13(11-14)18-17(21)15-5-2-8-24-15/h1-5,8,11H,6-7,9-10,12H2,(H,18,21). The first kappa shape index (κ1) is 18.0. The van der Waals surface area contributed by atoms with E-state index in [1.165, 1.54) is 11.2 Å². The van der Waals surface area contributed by atoms with Crippen LogP contribution in [-0.4, -0.2) is 56.3 Å². The van der Waals surface area contributed by atoms with Crippen molar-refractivity contribution in [3.8, 4) is 5.75 Å². The highest BCUT2D eigenvalue weighted by molar-refractivity contribution is 7.91. The maximum Gasteiger partial charge on any atom is 0.291 e. The van der Waals surface area contributed by atoms with Crippen molar-refractivity contribution in [2.75, 3.05) is 36.5 Å². The summed E-state index contributed by atoms with van der Waals surface area (Å²) in [5.74, 6) is -0.102. The molecule has 2 aromatic rings. The molecular formula is C17H18N2O6S. The summed E-state index contributed by atoms with van der Waals surface area (Å²) in [5.41, 5.74) is 0.500. The summed E-state index contributed by atoms with van der Waals surface area (Å²) >= 11 is 0. The van der Waals surface area contributed by atoms with Crippen LogP contribution in [0.25, 0.3) is 0 Å². The van der Waals surface area contributed by atoms with Crippen LogP contribution >= 0.6 is 0 Å². The lowest BCUT2D eigenvalue weighted by Gasteiger charge is -2.26. The van der Waals surface area contributed by atoms with Crippen molar-refractivity contribution in [1.82, 2.24) is 4.90 Å². The van der Waals surface area contributed by atoms with Crippen LogP contribution in [0.15, 0.2) is 47.1 Å². The van der Waals surface area contributed by atoms with E-state index >= 15 is 0 Å². The summed E-state index contributed by atoms with van der Waals surface area (Å²) in [4.78, 5) is 25.6. The summed E-state index contributed by atoms with van der Waals surface area (Å²) in [6, 6.07) is 9.79. The number of hydrogen-bond donors (Lipinski definition) is 1. The normalized spacial score (nSPS) is 16.1. The highest BCUT2D eigenvalue weighted by Gasteiger charge is 2.25. The summed E-state index contributed by atoms with van der Waals surface area (Å²) in [5, 5.41) is 2.67. The fourth-order valence-electron chi connectivity index (χ4n) is 2.46. The van der Waals surface area contributed by atoms with E-state index in [4.69, 9.17) is 9.15 Å². The van der Waals surface area contributed by atoms with Gasteiger partial charge in [-0.2, -0.15) is 0 Å². The zero-order valence-electron chi connectivity index (χ0n) is 13.9. The molecule has 0 atom stereocenters. The van der Waals surface area contributed by atoms with Crippen molar-refractivity contribution in [2.45, 2.75) is 0 Å². The van der Waals surface area contributed by atoms with E-state index in [0.717, 1.165) is 0 Å². The fourth-order valence-corrected chi connectivity index (χ4v) is 3.66. The van der Waals surface area contributed by atoms with Crippen molar-refractivity contribution in [1.29, 1.82) is 0 Å². The Bertz CT molecular complexity index is 878. The molecule has 0 spiro atoms. The number of ether oxygens (including phenoxy) is 1. The molecule has 1 fully saturated rings. The molecule has 3 rings (SSSR count). The number of benzene rings is 1. The Labute approximate surface area is 150 Å². The van der Waals surface area contributed by atoms with Crippen LogP contribution in [0.3, 0.4) is 0 Å². The largest absolute Gasteiger partial charge is 0.484 e. The van der Waals surface area contributed by atoms with Gasteiger partial charge >= 0.3 is 0 Å². The molecule has 0 bridgehead atoms. The zero-order valence-corrected chi connectivity index (χ0v) is 14.7. The third-order valence-corrected chi connectivity index (χ3v) is 5.51. The lowest BCUT2D eigenvalue weighted by Crippen LogP contribution is -2.45. The molecule has 1 aromatic heterocycles. The monoisotopic (exact) mass is 378 g/mol. The molecule has 0 unspecified atom stereocenters. The third-order valence-electron chi connectivity index (χ3n) is 3.90. The summed E-state index contributed by atoms with van der Waals surface area (Å²) in [6.07, 6.45) is 1.41. The molecule has 26 heavy (non-hydrogen) atoms. The molecule has 1 saturated heterocycles. The minimum Gasteiger partial charge on any atom is -0.484 e. The van der Waals surface area contributed by atoms with E-state index in [1.54, 1.807) is 36.4 Å². The minimum absolute atomic E-state index is 0.0208. The summed E-state index contributed by atoms with van der Waals surface area (Å²) in [6.45, 7) is 0.170. The molecule has 0 aliphatic carbocycles. The Morgan fingerprint density at radius 2 is 1.92 bits per heavy atom. The number of carbonyl (C=O) groups excluding carboxylic acids is 2. The molecule has 2 amide bonds. The molecule has 1 aromatic carbocycles. The van der Waals surface area contributed by atoms with Gasteiger partial charge in [-0.15, -0.1) is 0 Å². The molecular weight excluding hydrogens is 360 g/mol. The van der Waals surface area contributed by atoms with Crippen LogP contribution in [0.5, 0.6) is 5.75 Å². The molecule has 1 N–H and O–H groups in total. The smallest absolute Gasteiger partial charge is 0.291 e. The molecule has 138 valence electrons. The van der Waals surface area contributed by atoms with Gasteiger partial charge in [-0.25, -0.2) is 8.42 Å². The van der Waals surface area contributed by atoms with Crippen LogP contribution in [0.4, 0.5) is 5.69 Å². The van der Waals surface area contributed by atoms with Gasteiger partial charge in [-0.1, -0.05) is 6.07 Å². The van der Waals surface area contributed by atoms with Crippen LogP contribution in [0, 0.1) is 0 Å². The second-order valence-electron chi connectivity index (χ2n) is 5.78. The molecule has 1 aliphatic rings. The minimum atomic E-state index is -3.03. The van der Waals surface area contributed by atoms with Crippen LogP contribution in [-0.2, 0) is 14.6 Å². The second-order valence-corrected chi connectivity index (χ2v) is 8.08. The predicted molar refractivity (Wildman–Crippen MR) is 93.8 cm³/mol. The molecule has 1 aliphatic heterocycles. The number of furan rings is 1. The molecule has 0 saturated carbocycles. The van der Waals surface area contributed by atoms with Gasteiger partial charge < -0.3 is 19.4 Å². The lowest BCUT2D eigenvalue weighted by molar-refractivity contribution is -0.133. The maximum absolute atomic E-state index is 12.1. The molecule has 0 radical (unpaired) electrons. The van der Waals surface area contributed by atoms with Crippen LogP contribution in [0.1, 0.15) is 10.6 Å². The Hall–Kier alpha value is -2.81. The van der Waals surface area contributed by atoms with E-state index in [0.29, 0.717) is 11.4 Å². The number of sulfone groups is 1. The highest BCUT2D eigenvalue weighted by atomic mass is 32.2. The number of anilines is 1. The van der Waals surface area contributed by atoms with Gasteiger partial charge in [0.15, 0.2) is 22.2 Å². The van der Waals surface area contributed by atoms with Crippen LogP contribution < -0.4 is 10.1 Å². The van der Waals surface area contributed by atoms with Gasteiger partial charge in [-0.3, -0.25) is 9.59 Å². The van der Waals surface area contributed by atoms with E-state index in [-0.39, 0.29) is 42.9 Å². The second kappa shape index (κ2) is 7.61. The molecule has 9 heteroatoms. The van der Waals surface area contributed by atoms with Crippen molar-refractivity contribution in [3.05, 3.63) is 48.4 Å². The number of nitrogens with zero attached hydrogens (tertiary/aromatic N) is 1. The molecule has 8 nitrogen and oxygen atoms in total. The van der Waals surface area contributed by atoms with Crippen molar-refractivity contribution in [3.63, 3.8) is 0 Å². The lowest BCUT2D eigenvalue weighted by atomic mass is 10.3. The van der Waals surface area contributed by atoms with Crippen molar-refractivity contribution in [2.24, 2.45) is 0 Å². The topological polar surface area (TPSA) is 106 Å². The SMILES string of the molecule is O=C(Nc1cccc(OCC(=O)N2CCS(=O)(=O)CC2)c1)c1ccco1. The van der Waals surface area contributed by atoms with Gasteiger partial charge in [0, 0.05) is 24.8 Å². The first-order valence-electron chi connectivity index (χ1n) is 7.99. The van der Waals surface area contributed by atoms with E-state index in [1.807, 2.05) is 0 Å². The number of carbonyl (C=O) groups is 2. The predicted octanol–water partition coefficient (Wildman–Crippen LogP) is 1.17. The Kier molecular flexibility index (Phi) is 5.27. The van der Waals surface area contributed by atoms with E-state index < -0.39 is 15.7 Å². The van der Waals surface area contributed by atoms with E-state index in [9.17, 15) is 18.0 Å². The number of amides is 2. The number of nitrogens with one attached hydrogen (secondary N) is 1. The van der Waals surface area contributed by atoms with Crippen molar-refractivity contribution < 1.29 is 27.2 Å². The molecule has 2 heterocycles. The first-order chi connectivity index (χ1) is 12.4.